The summed E-state index contributed by atoms with van der Waals surface area (Å²) in [5.41, 5.74) is 5.16. The molecule has 0 atom stereocenters. The summed E-state index contributed by atoms with van der Waals surface area (Å²) in [4.78, 5) is 8.85. The smallest absolute Gasteiger partial charge is 0.118 e. The normalized spacial score (nSPS) is 11.5. The average Bonchev–Trinajstić information content (AvgIpc) is 2.64. The lowest BCUT2D eigenvalue weighted by Crippen LogP contribution is -1.84. The fraction of sp³-hybridized carbons (Fsp3) is 0.0909. The zero-order valence-electron chi connectivity index (χ0n) is 14.7. The Hall–Kier alpha value is -3.40. The van der Waals surface area contributed by atoms with Gasteiger partial charge in [-0.15, -0.1) is 0 Å². The van der Waals surface area contributed by atoms with Crippen molar-refractivity contribution in [2.24, 2.45) is 9.98 Å². The van der Waals surface area contributed by atoms with Crippen LogP contribution >= 0.6 is 0 Å². The van der Waals surface area contributed by atoms with E-state index >= 15 is 0 Å². The van der Waals surface area contributed by atoms with Crippen LogP contribution in [0.4, 0.5) is 11.4 Å². The van der Waals surface area contributed by atoms with Crippen LogP contribution in [0.25, 0.3) is 0 Å². The van der Waals surface area contributed by atoms with Gasteiger partial charge in [0, 0.05) is 12.4 Å². The first-order valence-electron chi connectivity index (χ1n) is 8.29. The van der Waals surface area contributed by atoms with Crippen molar-refractivity contribution < 1.29 is 10.2 Å². The van der Waals surface area contributed by atoms with E-state index < -0.39 is 0 Å². The Labute approximate surface area is 152 Å². The van der Waals surface area contributed by atoms with Gasteiger partial charge in [-0.05, 0) is 72.5 Å². The van der Waals surface area contributed by atoms with E-state index in [-0.39, 0.29) is 11.5 Å². The molecule has 0 aliphatic carbocycles. The second-order valence-electron chi connectivity index (χ2n) is 6.12. The lowest BCUT2D eigenvalue weighted by Gasteiger charge is -2.00. The minimum absolute atomic E-state index is 0.274. The molecule has 0 aromatic heterocycles. The molecule has 0 fully saturated rings. The molecule has 130 valence electrons. The fourth-order valence-electron chi connectivity index (χ4n) is 2.41. The van der Waals surface area contributed by atoms with Crippen molar-refractivity contribution in [2.45, 2.75) is 13.8 Å². The summed E-state index contributed by atoms with van der Waals surface area (Å²) in [7, 11) is 0. The third-order valence-corrected chi connectivity index (χ3v) is 4.02. The molecule has 0 saturated carbocycles. The monoisotopic (exact) mass is 344 g/mol. The van der Waals surface area contributed by atoms with E-state index in [0.29, 0.717) is 0 Å². The van der Waals surface area contributed by atoms with Crippen LogP contribution < -0.4 is 0 Å². The number of hydrogen-bond acceptors (Lipinski definition) is 4. The molecule has 0 aliphatic heterocycles. The van der Waals surface area contributed by atoms with E-state index in [1.54, 1.807) is 36.7 Å². The highest BCUT2D eigenvalue weighted by Crippen LogP contribution is 2.23. The van der Waals surface area contributed by atoms with Crippen molar-refractivity contribution in [3.63, 3.8) is 0 Å². The first-order valence-corrected chi connectivity index (χ1v) is 8.29. The molecule has 0 unspecified atom stereocenters. The maximum absolute atomic E-state index is 9.54. The zero-order valence-corrected chi connectivity index (χ0v) is 14.7. The summed E-state index contributed by atoms with van der Waals surface area (Å²) in [6.07, 6.45) is 3.58. The van der Waals surface area contributed by atoms with Gasteiger partial charge in [-0.1, -0.05) is 24.3 Å². The number of aryl methyl sites for hydroxylation is 2. The summed E-state index contributed by atoms with van der Waals surface area (Å²) in [6.45, 7) is 3.69. The summed E-state index contributed by atoms with van der Waals surface area (Å²) in [5.74, 6) is 0.549. The van der Waals surface area contributed by atoms with Gasteiger partial charge >= 0.3 is 0 Å². The van der Waals surface area contributed by atoms with Crippen LogP contribution in [0.15, 0.2) is 70.6 Å². The van der Waals surface area contributed by atoms with Crippen molar-refractivity contribution >= 4 is 23.8 Å². The van der Waals surface area contributed by atoms with Crippen molar-refractivity contribution in [3.8, 4) is 11.5 Å². The van der Waals surface area contributed by atoms with Gasteiger partial charge < -0.3 is 10.2 Å². The highest BCUT2D eigenvalue weighted by molar-refractivity contribution is 5.86. The number of phenolic OH excluding ortho intramolecular Hbond substituents is 2. The standard InChI is InChI=1S/C22H20N2O2/c1-15-11-19(7-9-21(15)25)23-13-17-3-5-18(6-4-17)14-24-20-8-10-22(26)16(2)12-20/h3-14,25-26H,1-2H3. The van der Waals surface area contributed by atoms with E-state index in [1.807, 2.05) is 50.2 Å². The Morgan fingerprint density at radius 1 is 0.615 bits per heavy atom. The SMILES string of the molecule is Cc1cc(N=Cc2ccc(C=Nc3ccc(O)c(C)c3)cc2)ccc1O. The first kappa shape index (κ1) is 17.4. The lowest BCUT2D eigenvalue weighted by atomic mass is 10.1. The highest BCUT2D eigenvalue weighted by atomic mass is 16.3. The zero-order chi connectivity index (χ0) is 18.5. The van der Waals surface area contributed by atoms with Crippen molar-refractivity contribution in [3.05, 3.63) is 82.9 Å². The molecule has 0 amide bonds. The molecule has 26 heavy (non-hydrogen) atoms. The number of aliphatic imine (C=N–C) groups is 2. The second-order valence-corrected chi connectivity index (χ2v) is 6.12. The predicted molar refractivity (Wildman–Crippen MR) is 107 cm³/mol. The van der Waals surface area contributed by atoms with Crippen LogP contribution in [-0.4, -0.2) is 22.6 Å². The Balaban J connectivity index is 1.69. The molecule has 0 heterocycles. The maximum Gasteiger partial charge on any atom is 0.118 e. The van der Waals surface area contributed by atoms with E-state index in [9.17, 15) is 10.2 Å². The lowest BCUT2D eigenvalue weighted by molar-refractivity contribution is 0.470. The van der Waals surface area contributed by atoms with E-state index in [0.717, 1.165) is 33.6 Å². The van der Waals surface area contributed by atoms with Crippen LogP contribution in [0.3, 0.4) is 0 Å². The Bertz CT molecular complexity index is 893. The molecule has 4 heteroatoms. The van der Waals surface area contributed by atoms with Gasteiger partial charge in [0.05, 0.1) is 11.4 Å². The Morgan fingerprint density at radius 2 is 1.00 bits per heavy atom. The van der Waals surface area contributed by atoms with Crippen molar-refractivity contribution in [1.29, 1.82) is 0 Å². The van der Waals surface area contributed by atoms with Gasteiger partial charge in [0.1, 0.15) is 11.5 Å². The second kappa shape index (κ2) is 7.66. The topological polar surface area (TPSA) is 65.2 Å². The maximum atomic E-state index is 9.54. The van der Waals surface area contributed by atoms with Crippen molar-refractivity contribution in [1.82, 2.24) is 0 Å². The van der Waals surface area contributed by atoms with E-state index in [2.05, 4.69) is 9.98 Å². The number of rotatable bonds is 4. The van der Waals surface area contributed by atoms with Crippen LogP contribution in [0.5, 0.6) is 11.5 Å². The third-order valence-electron chi connectivity index (χ3n) is 4.02. The summed E-state index contributed by atoms with van der Waals surface area (Å²) >= 11 is 0. The molecule has 2 N–H and O–H groups in total. The molecule has 0 aliphatic rings. The van der Waals surface area contributed by atoms with Gasteiger partial charge in [0.25, 0.3) is 0 Å². The molecular weight excluding hydrogens is 324 g/mol. The van der Waals surface area contributed by atoms with Gasteiger partial charge in [-0.3, -0.25) is 9.98 Å². The predicted octanol–water partition coefficient (Wildman–Crippen LogP) is 5.22. The summed E-state index contributed by atoms with van der Waals surface area (Å²) < 4.78 is 0. The summed E-state index contributed by atoms with van der Waals surface area (Å²) in [6, 6.07) is 18.4. The minimum Gasteiger partial charge on any atom is -0.508 e. The average molecular weight is 344 g/mol. The number of benzene rings is 3. The highest BCUT2D eigenvalue weighted by Gasteiger charge is 1.98. The summed E-state index contributed by atoms with van der Waals surface area (Å²) in [5, 5.41) is 19.1. The van der Waals surface area contributed by atoms with Gasteiger partial charge in [0.15, 0.2) is 0 Å². The number of nitrogens with zero attached hydrogens (tertiary/aromatic N) is 2. The molecule has 0 bridgehead atoms. The molecular formula is C22H20N2O2. The largest absolute Gasteiger partial charge is 0.508 e. The molecule has 0 spiro atoms. The quantitative estimate of drug-likeness (QED) is 0.638. The minimum atomic E-state index is 0.274. The number of hydrogen-bond donors (Lipinski definition) is 2. The Kier molecular flexibility index (Phi) is 5.13. The molecule has 3 aromatic rings. The molecule has 3 rings (SSSR count). The van der Waals surface area contributed by atoms with Crippen molar-refractivity contribution in [2.75, 3.05) is 0 Å². The van der Waals surface area contributed by atoms with Gasteiger partial charge in [0.2, 0.25) is 0 Å². The molecule has 3 aromatic carbocycles. The fourth-order valence-corrected chi connectivity index (χ4v) is 2.41. The van der Waals surface area contributed by atoms with Crippen LogP contribution in [0, 0.1) is 13.8 Å². The molecule has 0 saturated heterocycles. The van der Waals surface area contributed by atoms with Crippen LogP contribution in [0.2, 0.25) is 0 Å². The Morgan fingerprint density at radius 3 is 1.35 bits per heavy atom. The van der Waals surface area contributed by atoms with E-state index in [4.69, 9.17) is 0 Å². The van der Waals surface area contributed by atoms with E-state index in [1.165, 1.54) is 0 Å². The number of phenols is 2. The molecule has 4 nitrogen and oxygen atoms in total. The van der Waals surface area contributed by atoms with Gasteiger partial charge in [-0.25, -0.2) is 0 Å². The van der Waals surface area contributed by atoms with Crippen LogP contribution in [-0.2, 0) is 0 Å². The van der Waals surface area contributed by atoms with Gasteiger partial charge in [-0.2, -0.15) is 0 Å². The molecule has 0 radical (unpaired) electrons. The number of aromatic hydroxyl groups is 2. The van der Waals surface area contributed by atoms with Crippen LogP contribution in [0.1, 0.15) is 22.3 Å². The third kappa shape index (κ3) is 4.36. The first-order chi connectivity index (χ1) is 12.5.